The molecule has 1 amide bonds. The second-order valence-corrected chi connectivity index (χ2v) is 24.8. The molecular formula is C56H84BrCl2NO5. The molecule has 0 saturated heterocycles. The molecule has 0 aromatic heterocycles. The van der Waals surface area contributed by atoms with Gasteiger partial charge in [0.25, 0.3) is 0 Å². The highest BCUT2D eigenvalue weighted by molar-refractivity contribution is 9.10. The SMILES string of the molecule is C.C.CON(C)C(=O)[C@H]1CC[C@H]2[C@@H]3CC[C@@H]4C[C@](C)(O)CC[C@@H]4[C@H]3CC[C@]12C.C[C@@]1(O)CC[C@H]2[C@H](CC[C@@H]3[C@@H]2CC[C@]2(C)[C@@H](C(=O)c4ccc(Cl)cc4)CC[C@@H]32)C1.Clc1ccc(Br)cc1. The van der Waals surface area contributed by atoms with Crippen molar-refractivity contribution in [2.24, 2.45) is 81.8 Å². The zero-order valence-corrected chi connectivity index (χ0v) is 42.1. The maximum atomic E-state index is 13.4. The number of carbonyl (C=O) groups is 2. The quantitative estimate of drug-likeness (QED) is 0.235. The molecule has 65 heavy (non-hydrogen) atoms. The van der Waals surface area contributed by atoms with Crippen molar-refractivity contribution in [3.8, 4) is 0 Å². The van der Waals surface area contributed by atoms with E-state index in [0.29, 0.717) is 22.6 Å². The lowest BCUT2D eigenvalue weighted by Crippen LogP contribution is -2.51. The maximum absolute atomic E-state index is 13.4. The number of halogens is 3. The Morgan fingerprint density at radius 3 is 1.45 bits per heavy atom. The fourth-order valence-corrected chi connectivity index (χ4v) is 17.1. The van der Waals surface area contributed by atoms with Crippen LogP contribution in [-0.4, -0.2) is 52.3 Å². The van der Waals surface area contributed by atoms with Crippen LogP contribution in [0.3, 0.4) is 0 Å². The largest absolute Gasteiger partial charge is 0.390 e. The van der Waals surface area contributed by atoms with Crippen molar-refractivity contribution in [2.45, 2.75) is 169 Å². The zero-order valence-electron chi connectivity index (χ0n) is 39.0. The summed E-state index contributed by atoms with van der Waals surface area (Å²) in [6.07, 6.45) is 21.0. The summed E-state index contributed by atoms with van der Waals surface area (Å²) in [5.74, 6) is 8.52. The van der Waals surface area contributed by atoms with Crippen LogP contribution in [0.4, 0.5) is 0 Å². The van der Waals surface area contributed by atoms with Gasteiger partial charge in [0.15, 0.2) is 5.78 Å². The molecule has 0 aliphatic heterocycles. The van der Waals surface area contributed by atoms with Crippen LogP contribution in [0.25, 0.3) is 0 Å². The molecule has 16 atom stereocenters. The first kappa shape index (κ1) is 52.9. The number of fused-ring (bicyclic) bond motifs is 10. The van der Waals surface area contributed by atoms with E-state index in [4.69, 9.17) is 28.0 Å². The molecule has 0 bridgehead atoms. The number of nitrogens with zero attached hydrogens (tertiary/aromatic N) is 1. The predicted octanol–water partition coefficient (Wildman–Crippen LogP) is 14.9. The monoisotopic (exact) mass is 999 g/mol. The van der Waals surface area contributed by atoms with Crippen LogP contribution < -0.4 is 0 Å². The molecule has 0 unspecified atom stereocenters. The highest BCUT2D eigenvalue weighted by Gasteiger charge is 2.61. The van der Waals surface area contributed by atoms with Crippen molar-refractivity contribution < 1.29 is 24.6 Å². The maximum Gasteiger partial charge on any atom is 0.249 e. The van der Waals surface area contributed by atoms with Crippen molar-refractivity contribution in [3.05, 3.63) is 68.6 Å². The van der Waals surface area contributed by atoms with Gasteiger partial charge in [0.1, 0.15) is 0 Å². The van der Waals surface area contributed by atoms with E-state index >= 15 is 0 Å². The van der Waals surface area contributed by atoms with E-state index in [0.717, 1.165) is 101 Å². The van der Waals surface area contributed by atoms with Gasteiger partial charge in [0.2, 0.25) is 5.91 Å². The Labute approximate surface area is 412 Å². The molecule has 2 N–H and O–H groups in total. The fraction of sp³-hybridized carbons (Fsp3) is 0.750. The van der Waals surface area contributed by atoms with Crippen molar-refractivity contribution in [1.29, 1.82) is 0 Å². The first-order chi connectivity index (χ1) is 29.8. The van der Waals surface area contributed by atoms with Crippen molar-refractivity contribution in [1.82, 2.24) is 5.06 Å². The first-order valence-corrected chi connectivity index (χ1v) is 26.4. The van der Waals surface area contributed by atoms with Gasteiger partial charge in [0.05, 0.1) is 18.3 Å². The van der Waals surface area contributed by atoms with E-state index in [9.17, 15) is 19.8 Å². The third kappa shape index (κ3) is 10.7. The van der Waals surface area contributed by atoms with Crippen LogP contribution in [0.2, 0.25) is 10.0 Å². The third-order valence-electron chi connectivity index (χ3n) is 19.6. The number of ketones is 1. The van der Waals surface area contributed by atoms with Crippen LogP contribution in [0, 0.1) is 81.8 Å². The summed E-state index contributed by atoms with van der Waals surface area (Å²) < 4.78 is 1.06. The van der Waals surface area contributed by atoms with Crippen molar-refractivity contribution in [2.75, 3.05) is 14.2 Å². The van der Waals surface area contributed by atoms with Crippen molar-refractivity contribution in [3.63, 3.8) is 0 Å². The number of hydrogen-bond acceptors (Lipinski definition) is 5. The predicted molar refractivity (Wildman–Crippen MR) is 271 cm³/mol. The average Bonchev–Trinajstić information content (AvgIpc) is 3.80. The molecule has 0 radical (unpaired) electrons. The van der Waals surface area contributed by atoms with Crippen LogP contribution in [0.5, 0.6) is 0 Å². The molecule has 9 heteroatoms. The van der Waals surface area contributed by atoms with Gasteiger partial charge < -0.3 is 10.2 Å². The summed E-state index contributed by atoms with van der Waals surface area (Å²) in [4.78, 5) is 31.5. The molecule has 2 aromatic rings. The highest BCUT2D eigenvalue weighted by atomic mass is 79.9. The van der Waals surface area contributed by atoms with E-state index in [1.807, 2.05) is 62.4 Å². The number of hydrogen-bond donors (Lipinski definition) is 2. The second kappa shape index (κ2) is 20.9. The molecule has 8 fully saturated rings. The lowest BCUT2D eigenvalue weighted by atomic mass is 9.49. The van der Waals surface area contributed by atoms with Gasteiger partial charge in [-0.1, -0.05) is 67.8 Å². The lowest BCUT2D eigenvalue weighted by Gasteiger charge is -2.56. The van der Waals surface area contributed by atoms with Crippen LogP contribution >= 0.6 is 39.1 Å². The fourth-order valence-electron chi connectivity index (χ4n) is 16.6. The van der Waals surface area contributed by atoms with E-state index in [1.54, 1.807) is 14.2 Å². The van der Waals surface area contributed by atoms with Gasteiger partial charge in [-0.05, 0) is 248 Å². The molecule has 10 rings (SSSR count). The Bertz CT molecular complexity index is 1900. The van der Waals surface area contributed by atoms with Crippen LogP contribution in [0.1, 0.15) is 168 Å². The molecule has 2 aromatic carbocycles. The van der Waals surface area contributed by atoms with E-state index < -0.39 is 11.2 Å². The Hall–Kier alpha value is -1.48. The van der Waals surface area contributed by atoms with E-state index in [-0.39, 0.29) is 43.4 Å². The molecule has 8 aliphatic carbocycles. The first-order valence-electron chi connectivity index (χ1n) is 24.8. The summed E-state index contributed by atoms with van der Waals surface area (Å²) in [5, 5.41) is 24.0. The van der Waals surface area contributed by atoms with Gasteiger partial charge in [-0.15, -0.1) is 0 Å². The summed E-state index contributed by atoms with van der Waals surface area (Å²) >= 11 is 14.9. The smallest absolute Gasteiger partial charge is 0.249 e. The number of amides is 1. The summed E-state index contributed by atoms with van der Waals surface area (Å²) in [6, 6.07) is 15.0. The molecular weight excluding hydrogens is 917 g/mol. The summed E-state index contributed by atoms with van der Waals surface area (Å²) in [7, 11) is 3.34. The van der Waals surface area contributed by atoms with Gasteiger partial charge in [0, 0.05) is 39.0 Å². The number of benzene rings is 2. The minimum Gasteiger partial charge on any atom is -0.390 e. The number of hydroxylamine groups is 2. The van der Waals surface area contributed by atoms with Gasteiger partial charge in [-0.2, -0.15) is 0 Å². The Balaban J connectivity index is 0.000000180. The second-order valence-electron chi connectivity index (χ2n) is 23.0. The van der Waals surface area contributed by atoms with Crippen LogP contribution in [-0.2, 0) is 9.63 Å². The van der Waals surface area contributed by atoms with Gasteiger partial charge in [-0.25, -0.2) is 5.06 Å². The van der Waals surface area contributed by atoms with Crippen molar-refractivity contribution >= 4 is 50.8 Å². The van der Waals surface area contributed by atoms with Gasteiger partial charge in [-0.3, -0.25) is 14.4 Å². The standard InChI is InChI=1S/C26H35ClO2.C22H37NO3.C6H4BrCl.2CH4/c1-25(29)13-11-19-17(15-25)5-8-21-20(19)12-14-26(2)22(21)9-10-23(26)24(28)16-3-6-18(27)7-4-16;1-21(25)11-9-15-14(13-21)5-6-17-16(15)10-12-22(2)18(17)7-8-19(22)20(24)23(3)26-4;7-5-1-3-6(8)4-2-5;;/h3-4,6-7,17,19-23,29H,5,8-15H2,1-2H3;14-19,25H,5-13H2,1-4H3;1-4H;2*1H4/t17-,19+,20-,21-,22+,23-,25-,26+;14-,15+,16-,17-,18+,19-,21-,22+;;;/m11.../s1. The molecule has 0 heterocycles. The summed E-state index contributed by atoms with van der Waals surface area (Å²) in [6.45, 7) is 8.89. The van der Waals surface area contributed by atoms with Crippen LogP contribution in [0.15, 0.2) is 53.0 Å². The number of aliphatic hydroxyl groups is 2. The number of carbonyl (C=O) groups excluding carboxylic acids is 2. The highest BCUT2D eigenvalue weighted by Crippen LogP contribution is 2.66. The minimum absolute atomic E-state index is 0. The minimum atomic E-state index is -0.444. The molecule has 6 nitrogen and oxygen atoms in total. The van der Waals surface area contributed by atoms with E-state index in [1.165, 1.54) is 82.1 Å². The van der Waals surface area contributed by atoms with Gasteiger partial charge >= 0.3 is 0 Å². The molecule has 8 aliphatic rings. The number of Topliss-reactive ketones (excluding diaryl/α,β-unsaturated/α-hetero) is 1. The lowest BCUT2D eigenvalue weighted by molar-refractivity contribution is -0.180. The number of rotatable bonds is 4. The van der Waals surface area contributed by atoms with E-state index in [2.05, 4.69) is 29.8 Å². The zero-order chi connectivity index (χ0) is 45.1. The Morgan fingerprint density at radius 2 is 1.00 bits per heavy atom. The molecule has 0 spiro atoms. The average molecular weight is 1000 g/mol. The Kier molecular flexibility index (Phi) is 17.0. The topological polar surface area (TPSA) is 87.1 Å². The normalized spacial score (nSPS) is 42.1. The molecule has 8 saturated carbocycles. The molecule has 364 valence electrons. The summed E-state index contributed by atoms with van der Waals surface area (Å²) in [5.41, 5.74) is 0.262. The third-order valence-corrected chi connectivity index (χ3v) is 20.6. The Morgan fingerprint density at radius 1 is 0.585 bits per heavy atom.